The van der Waals surface area contributed by atoms with Gasteiger partial charge in [-0.05, 0) is 85.5 Å². The molecule has 1 aliphatic heterocycles. The molecular weight excluding hydrogens is 460 g/mol. The van der Waals surface area contributed by atoms with Crippen molar-refractivity contribution in [1.29, 1.82) is 0 Å². The van der Waals surface area contributed by atoms with Gasteiger partial charge in [-0.1, -0.05) is 26.2 Å². The molecule has 2 aliphatic rings. The van der Waals surface area contributed by atoms with Crippen molar-refractivity contribution in [3.05, 3.63) is 0 Å². The third-order valence-corrected chi connectivity index (χ3v) is 7.52. The van der Waals surface area contributed by atoms with Crippen molar-refractivity contribution in [2.45, 2.75) is 124 Å². The van der Waals surface area contributed by atoms with Gasteiger partial charge in [-0.2, -0.15) is 0 Å². The fraction of sp³-hybridized carbons (Fsp3) is 0.931. The van der Waals surface area contributed by atoms with Gasteiger partial charge in [-0.15, -0.1) is 0 Å². The van der Waals surface area contributed by atoms with Crippen LogP contribution in [0, 0.1) is 23.7 Å². The van der Waals surface area contributed by atoms with Crippen LogP contribution in [0.4, 0.5) is 0 Å². The minimum absolute atomic E-state index is 0.0749. The summed E-state index contributed by atoms with van der Waals surface area (Å²) in [4.78, 5) is 25.8. The second-order valence-electron chi connectivity index (χ2n) is 11.9. The van der Waals surface area contributed by atoms with Gasteiger partial charge in [-0.25, -0.2) is 0 Å². The zero-order chi connectivity index (χ0) is 26.7. The average Bonchev–Trinajstić information content (AvgIpc) is 3.43. The van der Waals surface area contributed by atoms with Crippen molar-refractivity contribution in [2.24, 2.45) is 23.7 Å². The summed E-state index contributed by atoms with van der Waals surface area (Å²) in [6, 6.07) is 0. The lowest BCUT2D eigenvalue weighted by Crippen LogP contribution is -2.38. The molecule has 0 radical (unpaired) electrons. The number of carbonyl (C=O) groups is 2. The molecule has 0 spiro atoms. The summed E-state index contributed by atoms with van der Waals surface area (Å²) < 4.78 is 27.7. The van der Waals surface area contributed by atoms with E-state index in [1.807, 2.05) is 27.7 Å². The second kappa shape index (κ2) is 15.3. The topological polar surface area (TPSA) is 83.6 Å². The Kier molecular flexibility index (Phi) is 13.2. The number of esters is 2. The van der Waals surface area contributed by atoms with Crippen LogP contribution >= 0.6 is 0 Å². The lowest BCUT2D eigenvalue weighted by atomic mass is 9.72. The minimum Gasteiger partial charge on any atom is -0.463 e. The van der Waals surface area contributed by atoms with Gasteiger partial charge in [0.15, 0.2) is 0 Å². The van der Waals surface area contributed by atoms with E-state index in [2.05, 4.69) is 20.8 Å². The molecule has 2 rings (SSSR count). The highest BCUT2D eigenvalue weighted by Crippen LogP contribution is 2.40. The molecule has 0 bridgehead atoms. The summed E-state index contributed by atoms with van der Waals surface area (Å²) in [5, 5.41) is 0. The highest BCUT2D eigenvalue weighted by molar-refractivity contribution is 5.82. The van der Waals surface area contributed by atoms with Crippen LogP contribution in [0.2, 0.25) is 0 Å². The molecule has 1 saturated carbocycles. The Balaban J connectivity index is 1.81. The first kappa shape index (κ1) is 31.0. The first-order chi connectivity index (χ1) is 17.0. The predicted molar refractivity (Wildman–Crippen MR) is 140 cm³/mol. The van der Waals surface area contributed by atoms with Gasteiger partial charge < -0.3 is 23.7 Å². The van der Waals surface area contributed by atoms with Crippen LogP contribution in [0.25, 0.3) is 0 Å². The Morgan fingerprint density at radius 3 is 1.89 bits per heavy atom. The summed E-state index contributed by atoms with van der Waals surface area (Å²) >= 11 is 0. The minimum atomic E-state index is -0.451. The first-order valence-electron chi connectivity index (χ1n) is 14.2. The molecule has 2 fully saturated rings. The summed E-state index contributed by atoms with van der Waals surface area (Å²) in [5.74, 6) is -0.396. The number of rotatable bonds is 17. The van der Waals surface area contributed by atoms with E-state index in [0.717, 1.165) is 25.7 Å². The Hall–Kier alpha value is -1.18. The Morgan fingerprint density at radius 1 is 0.806 bits per heavy atom. The smallest absolute Gasteiger partial charge is 0.309 e. The van der Waals surface area contributed by atoms with Gasteiger partial charge in [-0.3, -0.25) is 9.59 Å². The summed E-state index contributed by atoms with van der Waals surface area (Å²) in [5.41, 5.74) is 0.0749. The number of carbonyl (C=O) groups excluding carboxylic acids is 2. The number of hydrogen-bond acceptors (Lipinski definition) is 7. The third kappa shape index (κ3) is 11.5. The van der Waals surface area contributed by atoms with Crippen molar-refractivity contribution in [3.63, 3.8) is 0 Å². The molecule has 0 aromatic rings. The fourth-order valence-corrected chi connectivity index (χ4v) is 5.20. The van der Waals surface area contributed by atoms with Crippen LogP contribution in [0.5, 0.6) is 0 Å². The van der Waals surface area contributed by atoms with E-state index in [1.54, 1.807) is 0 Å². The average molecular weight is 513 g/mol. The van der Waals surface area contributed by atoms with Crippen LogP contribution in [0.3, 0.4) is 0 Å². The molecule has 36 heavy (non-hydrogen) atoms. The van der Waals surface area contributed by atoms with E-state index in [-0.39, 0.29) is 43.0 Å². The lowest BCUT2D eigenvalue weighted by Gasteiger charge is -2.33. The van der Waals surface area contributed by atoms with E-state index < -0.39 is 11.8 Å². The van der Waals surface area contributed by atoms with Gasteiger partial charge in [0.1, 0.15) is 13.2 Å². The van der Waals surface area contributed by atoms with E-state index in [4.69, 9.17) is 23.7 Å². The SMILES string of the molecule is CC(CCCC1CCC(C(=O)OCCOC(C)C)C(C(=O)OCCOC(C)C)C1)CCC1OC1(C)C. The van der Waals surface area contributed by atoms with Crippen molar-refractivity contribution >= 4 is 11.9 Å². The van der Waals surface area contributed by atoms with Crippen LogP contribution < -0.4 is 0 Å². The van der Waals surface area contributed by atoms with Crippen LogP contribution in [-0.4, -0.2) is 62.3 Å². The molecule has 7 nitrogen and oxygen atoms in total. The van der Waals surface area contributed by atoms with E-state index in [9.17, 15) is 9.59 Å². The summed E-state index contributed by atoms with van der Waals surface area (Å²) in [7, 11) is 0. The Labute approximate surface area is 219 Å². The van der Waals surface area contributed by atoms with E-state index in [1.165, 1.54) is 12.8 Å². The largest absolute Gasteiger partial charge is 0.463 e. The quantitative estimate of drug-likeness (QED) is 0.140. The highest BCUT2D eigenvalue weighted by atomic mass is 16.6. The number of epoxide rings is 1. The molecule has 0 aromatic heterocycles. The lowest BCUT2D eigenvalue weighted by molar-refractivity contribution is -0.165. The molecule has 5 unspecified atom stereocenters. The molecule has 1 saturated heterocycles. The molecule has 0 aromatic carbocycles. The number of hydrogen-bond donors (Lipinski definition) is 0. The van der Waals surface area contributed by atoms with Crippen molar-refractivity contribution in [3.8, 4) is 0 Å². The first-order valence-corrected chi connectivity index (χ1v) is 14.2. The van der Waals surface area contributed by atoms with Crippen molar-refractivity contribution in [2.75, 3.05) is 26.4 Å². The van der Waals surface area contributed by atoms with Crippen molar-refractivity contribution in [1.82, 2.24) is 0 Å². The molecule has 0 amide bonds. The van der Waals surface area contributed by atoms with E-state index in [0.29, 0.717) is 44.0 Å². The third-order valence-electron chi connectivity index (χ3n) is 7.52. The second-order valence-corrected chi connectivity index (χ2v) is 11.9. The van der Waals surface area contributed by atoms with Gasteiger partial charge in [0.25, 0.3) is 0 Å². The Morgan fingerprint density at radius 2 is 1.36 bits per heavy atom. The monoisotopic (exact) mass is 512 g/mol. The zero-order valence-electron chi connectivity index (χ0n) is 23.9. The maximum absolute atomic E-state index is 13.0. The predicted octanol–water partition coefficient (Wildman–Crippen LogP) is 5.72. The van der Waals surface area contributed by atoms with Crippen LogP contribution in [-0.2, 0) is 33.3 Å². The molecule has 1 aliphatic carbocycles. The van der Waals surface area contributed by atoms with Crippen LogP contribution in [0.15, 0.2) is 0 Å². The molecule has 0 N–H and O–H groups in total. The maximum Gasteiger partial charge on any atom is 0.309 e. The molecule has 5 atom stereocenters. The molecule has 210 valence electrons. The van der Waals surface area contributed by atoms with Crippen LogP contribution in [0.1, 0.15) is 99.8 Å². The van der Waals surface area contributed by atoms with Gasteiger partial charge in [0.2, 0.25) is 0 Å². The van der Waals surface area contributed by atoms with Gasteiger partial charge in [0, 0.05) is 0 Å². The van der Waals surface area contributed by atoms with E-state index >= 15 is 0 Å². The van der Waals surface area contributed by atoms with Gasteiger partial charge >= 0.3 is 11.9 Å². The normalized spacial score (nSPS) is 26.1. The highest BCUT2D eigenvalue weighted by Gasteiger charge is 2.47. The Bertz CT molecular complexity index is 660. The molecule has 1 heterocycles. The summed E-state index contributed by atoms with van der Waals surface area (Å²) in [6.07, 6.45) is 8.64. The molecular formula is C29H52O7. The zero-order valence-corrected chi connectivity index (χ0v) is 23.9. The number of ether oxygens (including phenoxy) is 5. The van der Waals surface area contributed by atoms with Gasteiger partial charge in [0.05, 0.1) is 49.0 Å². The maximum atomic E-state index is 13.0. The standard InChI is InChI=1S/C29H52O7/c1-20(2)32-15-17-34-27(30)24-13-12-23(19-25(24)28(31)35-18-16-33-21(3)4)10-8-9-22(5)11-14-26-29(6,7)36-26/h20-26H,8-19H2,1-7H3. The van der Waals surface area contributed by atoms with Crippen molar-refractivity contribution < 1.29 is 33.3 Å². The summed E-state index contributed by atoms with van der Waals surface area (Å²) in [6.45, 7) is 15.6. The fourth-order valence-electron chi connectivity index (χ4n) is 5.20. The molecule has 7 heteroatoms.